The quantitative estimate of drug-likeness (QED) is 0.752. The number of nitrogens with zero attached hydrogens (tertiary/aromatic N) is 2. The largest absolute Gasteiger partial charge is 0.378 e. The van der Waals surface area contributed by atoms with Crippen molar-refractivity contribution in [1.29, 1.82) is 0 Å². The van der Waals surface area contributed by atoms with Crippen LogP contribution in [0.2, 0.25) is 0 Å². The lowest BCUT2D eigenvalue weighted by molar-refractivity contribution is 0.0564. The monoisotopic (exact) mass is 444 g/mol. The Morgan fingerprint density at radius 3 is 2.52 bits per heavy atom. The van der Waals surface area contributed by atoms with Crippen molar-refractivity contribution in [3.05, 3.63) is 59.7 Å². The molecule has 164 valence electrons. The van der Waals surface area contributed by atoms with E-state index in [1.54, 1.807) is 17.9 Å². The summed E-state index contributed by atoms with van der Waals surface area (Å²) in [6.45, 7) is 3.72. The van der Waals surface area contributed by atoms with E-state index in [2.05, 4.69) is 10.6 Å². The van der Waals surface area contributed by atoms with Crippen LogP contribution in [0.4, 0.5) is 15.3 Å². The average Bonchev–Trinajstić information content (AvgIpc) is 3.19. The van der Waals surface area contributed by atoms with Crippen LogP contribution in [0, 0.1) is 6.92 Å². The number of carbonyl (C=O) groups excluding carboxylic acids is 2. The Morgan fingerprint density at radius 1 is 1.13 bits per heavy atom. The van der Waals surface area contributed by atoms with Crippen molar-refractivity contribution >= 4 is 27.8 Å². The first-order valence-corrected chi connectivity index (χ1v) is 11.4. The zero-order valence-electron chi connectivity index (χ0n) is 17.1. The van der Waals surface area contributed by atoms with E-state index in [0.29, 0.717) is 37.6 Å². The maximum atomic E-state index is 13.1. The molecular weight excluding hydrogens is 420 g/mol. The van der Waals surface area contributed by atoms with Gasteiger partial charge in [-0.1, -0.05) is 30.3 Å². The fraction of sp³-hybridized carbons (Fsp3) is 0.333. The summed E-state index contributed by atoms with van der Waals surface area (Å²) in [5.41, 5.74) is 1.94. The van der Waals surface area contributed by atoms with Crippen LogP contribution in [-0.4, -0.2) is 62.5 Å². The van der Waals surface area contributed by atoms with Crippen molar-refractivity contribution in [3.63, 3.8) is 0 Å². The molecule has 2 aliphatic rings. The fourth-order valence-electron chi connectivity index (χ4n) is 3.62. The van der Waals surface area contributed by atoms with Crippen molar-refractivity contribution in [1.82, 2.24) is 14.5 Å². The SMILES string of the molecule is Cc1cc(S(=O)(=O)N2C[C@H](c3ccccc3)NC2=O)ccc1NC(=O)N1CCOCC1. The molecule has 1 atom stereocenters. The lowest BCUT2D eigenvalue weighted by Gasteiger charge is -2.27. The number of ether oxygens (including phenoxy) is 1. The molecule has 10 heteroatoms. The van der Waals surface area contributed by atoms with E-state index in [1.165, 1.54) is 12.1 Å². The zero-order chi connectivity index (χ0) is 22.0. The van der Waals surface area contributed by atoms with E-state index >= 15 is 0 Å². The number of rotatable bonds is 4. The molecule has 2 fully saturated rings. The molecule has 4 rings (SSSR count). The molecule has 2 aliphatic heterocycles. The predicted octanol–water partition coefficient (Wildman–Crippen LogP) is 2.31. The topological polar surface area (TPSA) is 108 Å². The maximum absolute atomic E-state index is 13.1. The minimum atomic E-state index is -4.04. The van der Waals surface area contributed by atoms with Gasteiger partial charge in [-0.15, -0.1) is 0 Å². The van der Waals surface area contributed by atoms with Crippen LogP contribution in [0.3, 0.4) is 0 Å². The molecule has 0 saturated carbocycles. The highest BCUT2D eigenvalue weighted by atomic mass is 32.2. The second kappa shape index (κ2) is 8.56. The third-order valence-corrected chi connectivity index (χ3v) is 7.15. The van der Waals surface area contributed by atoms with E-state index in [0.717, 1.165) is 9.87 Å². The highest BCUT2D eigenvalue weighted by molar-refractivity contribution is 7.89. The van der Waals surface area contributed by atoms with E-state index in [9.17, 15) is 18.0 Å². The number of benzene rings is 2. The van der Waals surface area contributed by atoms with Gasteiger partial charge in [-0.3, -0.25) is 0 Å². The van der Waals surface area contributed by atoms with Gasteiger partial charge in [0.1, 0.15) is 0 Å². The molecule has 0 aliphatic carbocycles. The number of nitrogens with one attached hydrogen (secondary N) is 2. The van der Waals surface area contributed by atoms with Gasteiger partial charge in [0.2, 0.25) is 0 Å². The molecule has 0 unspecified atom stereocenters. The molecule has 2 aromatic carbocycles. The summed E-state index contributed by atoms with van der Waals surface area (Å²) in [6.07, 6.45) is 0. The molecule has 31 heavy (non-hydrogen) atoms. The molecule has 4 amide bonds. The van der Waals surface area contributed by atoms with Crippen LogP contribution in [0.15, 0.2) is 53.4 Å². The number of hydrogen-bond acceptors (Lipinski definition) is 5. The fourth-order valence-corrected chi connectivity index (χ4v) is 5.06. The maximum Gasteiger partial charge on any atom is 0.331 e. The second-order valence-electron chi connectivity index (χ2n) is 7.46. The molecule has 2 saturated heterocycles. The molecule has 0 bridgehead atoms. The normalized spacial score (nSPS) is 19.3. The lowest BCUT2D eigenvalue weighted by atomic mass is 10.1. The van der Waals surface area contributed by atoms with Gasteiger partial charge in [0.15, 0.2) is 0 Å². The van der Waals surface area contributed by atoms with Crippen LogP contribution in [0.1, 0.15) is 17.2 Å². The Hall–Kier alpha value is -3.11. The number of anilines is 1. The summed E-state index contributed by atoms with van der Waals surface area (Å²) < 4.78 is 32.3. The van der Waals surface area contributed by atoms with Crippen molar-refractivity contribution in [2.45, 2.75) is 17.9 Å². The molecule has 9 nitrogen and oxygen atoms in total. The van der Waals surface area contributed by atoms with Crippen molar-refractivity contribution in [2.75, 3.05) is 38.2 Å². The molecule has 2 heterocycles. The minimum absolute atomic E-state index is 0.00164. The molecule has 0 spiro atoms. The molecule has 0 radical (unpaired) electrons. The van der Waals surface area contributed by atoms with Gasteiger partial charge in [-0.25, -0.2) is 22.3 Å². The summed E-state index contributed by atoms with van der Waals surface area (Å²) in [4.78, 5) is 26.5. The van der Waals surface area contributed by atoms with Gasteiger partial charge in [0.25, 0.3) is 10.0 Å². The number of amides is 4. The number of aryl methyl sites for hydroxylation is 1. The Labute approximate surface area is 181 Å². The first-order valence-electron chi connectivity index (χ1n) is 9.99. The summed E-state index contributed by atoms with van der Waals surface area (Å²) in [6, 6.07) is 12.3. The predicted molar refractivity (Wildman–Crippen MR) is 114 cm³/mol. The smallest absolute Gasteiger partial charge is 0.331 e. The minimum Gasteiger partial charge on any atom is -0.378 e. The van der Waals surface area contributed by atoms with Crippen LogP contribution < -0.4 is 10.6 Å². The first-order chi connectivity index (χ1) is 14.9. The van der Waals surface area contributed by atoms with E-state index < -0.39 is 22.1 Å². The van der Waals surface area contributed by atoms with Crippen LogP contribution >= 0.6 is 0 Å². The summed E-state index contributed by atoms with van der Waals surface area (Å²) in [5, 5.41) is 5.53. The van der Waals surface area contributed by atoms with E-state index in [-0.39, 0.29) is 17.5 Å². The van der Waals surface area contributed by atoms with Crippen molar-refractivity contribution < 1.29 is 22.7 Å². The van der Waals surface area contributed by atoms with Gasteiger partial charge < -0.3 is 20.3 Å². The van der Waals surface area contributed by atoms with Gasteiger partial charge in [0, 0.05) is 18.8 Å². The standard InChI is InChI=1S/C21H24N4O5S/c1-15-13-17(7-8-18(15)22-20(26)24-9-11-30-12-10-24)31(28,29)25-14-19(23-21(25)27)16-5-3-2-4-6-16/h2-8,13,19H,9-12,14H2,1H3,(H,22,26)(H,23,27)/t19-/m1/s1. The van der Waals surface area contributed by atoms with Gasteiger partial charge in [-0.2, -0.15) is 0 Å². The Bertz CT molecular complexity index is 1080. The highest BCUT2D eigenvalue weighted by Crippen LogP contribution is 2.28. The Kier molecular flexibility index (Phi) is 5.84. The molecule has 2 aromatic rings. The van der Waals surface area contributed by atoms with Gasteiger partial charge in [0.05, 0.1) is 30.7 Å². The average molecular weight is 445 g/mol. The number of hydrogen-bond donors (Lipinski definition) is 2. The van der Waals surface area contributed by atoms with Gasteiger partial charge >= 0.3 is 12.1 Å². The summed E-state index contributed by atoms with van der Waals surface area (Å²) in [7, 11) is -4.04. The Morgan fingerprint density at radius 2 is 1.84 bits per heavy atom. The molecule has 2 N–H and O–H groups in total. The number of morpholine rings is 1. The number of urea groups is 2. The van der Waals surface area contributed by atoms with Crippen LogP contribution in [0.25, 0.3) is 0 Å². The zero-order valence-corrected chi connectivity index (χ0v) is 17.9. The number of sulfonamides is 1. The second-order valence-corrected chi connectivity index (χ2v) is 9.32. The van der Waals surface area contributed by atoms with Gasteiger partial charge in [-0.05, 0) is 36.2 Å². The highest BCUT2D eigenvalue weighted by Gasteiger charge is 2.38. The lowest BCUT2D eigenvalue weighted by Crippen LogP contribution is -2.43. The Balaban J connectivity index is 1.50. The van der Waals surface area contributed by atoms with E-state index in [1.807, 2.05) is 30.3 Å². The van der Waals surface area contributed by atoms with Crippen LogP contribution in [0.5, 0.6) is 0 Å². The molecule has 0 aromatic heterocycles. The van der Waals surface area contributed by atoms with Crippen molar-refractivity contribution in [3.8, 4) is 0 Å². The van der Waals surface area contributed by atoms with E-state index in [4.69, 9.17) is 4.74 Å². The van der Waals surface area contributed by atoms with Crippen molar-refractivity contribution in [2.24, 2.45) is 0 Å². The number of carbonyl (C=O) groups is 2. The van der Waals surface area contributed by atoms with Crippen LogP contribution in [-0.2, 0) is 14.8 Å². The summed E-state index contributed by atoms with van der Waals surface area (Å²) >= 11 is 0. The molecular formula is C21H24N4O5S. The third kappa shape index (κ3) is 4.35. The first kappa shape index (κ1) is 21.1. The summed E-state index contributed by atoms with van der Waals surface area (Å²) in [5.74, 6) is 0. The third-order valence-electron chi connectivity index (χ3n) is 5.40.